The van der Waals surface area contributed by atoms with Crippen molar-refractivity contribution < 1.29 is 14.2 Å². The molecule has 0 radical (unpaired) electrons. The number of likely N-dealkylation sites (N-methyl/N-ethyl adjacent to an activating group) is 1. The van der Waals surface area contributed by atoms with Gasteiger partial charge in [0.1, 0.15) is 0 Å². The van der Waals surface area contributed by atoms with E-state index in [0.29, 0.717) is 23.8 Å². The Morgan fingerprint density at radius 3 is 2.43 bits per heavy atom. The van der Waals surface area contributed by atoms with Crippen molar-refractivity contribution in [3.63, 3.8) is 0 Å². The number of nitrogens with zero attached hydrogens (tertiary/aromatic N) is 4. The van der Waals surface area contributed by atoms with Crippen LogP contribution in [0.2, 0.25) is 0 Å². The predicted octanol–water partition coefficient (Wildman–Crippen LogP) is 3.54. The summed E-state index contributed by atoms with van der Waals surface area (Å²) in [6.07, 6.45) is 0.144. The van der Waals surface area contributed by atoms with E-state index in [0.717, 1.165) is 11.1 Å². The number of hydrogen-bond donors (Lipinski definition) is 0. The molecule has 0 atom stereocenters. The zero-order chi connectivity index (χ0) is 20.1. The van der Waals surface area contributed by atoms with Crippen LogP contribution in [0.3, 0.4) is 0 Å². The summed E-state index contributed by atoms with van der Waals surface area (Å²) >= 11 is 0. The molecular formula is C20H20N4O4. The van der Waals surface area contributed by atoms with E-state index in [1.165, 1.54) is 12.1 Å². The molecule has 0 N–H and O–H groups in total. The molecule has 2 aromatic carbocycles. The third-order valence-corrected chi connectivity index (χ3v) is 4.34. The zero-order valence-corrected chi connectivity index (χ0v) is 15.7. The normalized spacial score (nSPS) is 10.6. The van der Waals surface area contributed by atoms with Crippen LogP contribution in [0.15, 0.2) is 53.1 Å². The molecule has 0 aliphatic rings. The van der Waals surface area contributed by atoms with Crippen LogP contribution in [0.1, 0.15) is 23.9 Å². The minimum atomic E-state index is -0.467. The first-order valence-electron chi connectivity index (χ1n) is 8.87. The lowest BCUT2D eigenvalue weighted by atomic mass is 10.1. The molecule has 3 aromatic rings. The number of nitro groups is 1. The minimum Gasteiger partial charge on any atom is -0.337 e. The molecule has 3 rings (SSSR count). The van der Waals surface area contributed by atoms with E-state index in [9.17, 15) is 14.9 Å². The van der Waals surface area contributed by atoms with Crippen LogP contribution >= 0.6 is 0 Å². The Morgan fingerprint density at radius 2 is 1.82 bits per heavy atom. The quantitative estimate of drug-likeness (QED) is 0.459. The Labute approximate surface area is 161 Å². The molecule has 0 aliphatic carbocycles. The summed E-state index contributed by atoms with van der Waals surface area (Å²) in [5.74, 6) is 0.717. The van der Waals surface area contributed by atoms with Crippen molar-refractivity contribution in [1.29, 1.82) is 0 Å². The van der Waals surface area contributed by atoms with Crippen LogP contribution in [0.5, 0.6) is 0 Å². The summed E-state index contributed by atoms with van der Waals surface area (Å²) < 4.78 is 5.29. The van der Waals surface area contributed by atoms with E-state index >= 15 is 0 Å². The lowest BCUT2D eigenvalue weighted by Crippen LogP contribution is -2.31. The SMILES string of the molecule is CCN(Cc1nc(-c2ccc(C)cc2)no1)C(=O)Cc1ccc([N+](=O)[O-])cc1. The Hall–Kier alpha value is -3.55. The van der Waals surface area contributed by atoms with Crippen LogP contribution in [-0.4, -0.2) is 32.4 Å². The topological polar surface area (TPSA) is 102 Å². The molecule has 0 saturated carbocycles. The molecule has 0 bridgehead atoms. The second-order valence-electron chi connectivity index (χ2n) is 6.39. The molecule has 1 aromatic heterocycles. The van der Waals surface area contributed by atoms with Gasteiger partial charge in [-0.25, -0.2) is 0 Å². The lowest BCUT2D eigenvalue weighted by molar-refractivity contribution is -0.384. The van der Waals surface area contributed by atoms with Gasteiger partial charge in [-0.05, 0) is 19.4 Å². The van der Waals surface area contributed by atoms with Gasteiger partial charge in [-0.1, -0.05) is 47.1 Å². The van der Waals surface area contributed by atoms with Gasteiger partial charge in [0.25, 0.3) is 5.69 Å². The van der Waals surface area contributed by atoms with Crippen molar-refractivity contribution in [1.82, 2.24) is 15.0 Å². The number of rotatable bonds is 7. The predicted molar refractivity (Wildman–Crippen MR) is 102 cm³/mol. The van der Waals surface area contributed by atoms with Gasteiger partial charge < -0.3 is 9.42 Å². The molecular weight excluding hydrogens is 360 g/mol. The van der Waals surface area contributed by atoms with Crippen molar-refractivity contribution >= 4 is 11.6 Å². The van der Waals surface area contributed by atoms with Crippen LogP contribution < -0.4 is 0 Å². The number of amides is 1. The Kier molecular flexibility index (Phi) is 5.78. The maximum Gasteiger partial charge on any atom is 0.269 e. The third kappa shape index (κ3) is 4.59. The molecule has 8 heteroatoms. The lowest BCUT2D eigenvalue weighted by Gasteiger charge is -2.18. The molecule has 0 aliphatic heterocycles. The summed E-state index contributed by atoms with van der Waals surface area (Å²) in [4.78, 5) is 28.8. The number of hydrogen-bond acceptors (Lipinski definition) is 6. The largest absolute Gasteiger partial charge is 0.337 e. The monoisotopic (exact) mass is 380 g/mol. The first kappa shape index (κ1) is 19.2. The molecule has 8 nitrogen and oxygen atoms in total. The average Bonchev–Trinajstić information content (AvgIpc) is 3.15. The molecule has 0 fully saturated rings. The van der Waals surface area contributed by atoms with Crippen molar-refractivity contribution in [3.8, 4) is 11.4 Å². The van der Waals surface area contributed by atoms with E-state index in [-0.39, 0.29) is 24.6 Å². The van der Waals surface area contributed by atoms with Gasteiger partial charge in [-0.2, -0.15) is 4.98 Å². The highest BCUT2D eigenvalue weighted by Gasteiger charge is 2.17. The van der Waals surface area contributed by atoms with E-state index in [1.807, 2.05) is 38.1 Å². The maximum atomic E-state index is 12.6. The highest BCUT2D eigenvalue weighted by Crippen LogP contribution is 2.18. The Bertz CT molecular complexity index is 965. The average molecular weight is 380 g/mol. The first-order chi connectivity index (χ1) is 13.5. The number of carbonyl (C=O) groups is 1. The van der Waals surface area contributed by atoms with Gasteiger partial charge in [-0.3, -0.25) is 14.9 Å². The molecule has 1 amide bonds. The van der Waals surface area contributed by atoms with Gasteiger partial charge in [-0.15, -0.1) is 0 Å². The van der Waals surface area contributed by atoms with Crippen molar-refractivity contribution in [2.24, 2.45) is 0 Å². The van der Waals surface area contributed by atoms with Crippen molar-refractivity contribution in [2.45, 2.75) is 26.8 Å². The molecule has 0 unspecified atom stereocenters. The van der Waals surface area contributed by atoms with Crippen LogP contribution in [0.25, 0.3) is 11.4 Å². The molecule has 0 saturated heterocycles. The van der Waals surface area contributed by atoms with Gasteiger partial charge in [0.2, 0.25) is 17.6 Å². The van der Waals surface area contributed by atoms with Crippen molar-refractivity contribution in [3.05, 3.63) is 75.7 Å². The fourth-order valence-corrected chi connectivity index (χ4v) is 2.70. The number of aromatic nitrogens is 2. The second kappa shape index (κ2) is 8.43. The summed E-state index contributed by atoms with van der Waals surface area (Å²) in [7, 11) is 0. The summed E-state index contributed by atoms with van der Waals surface area (Å²) in [6, 6.07) is 13.7. The van der Waals surface area contributed by atoms with E-state index in [4.69, 9.17) is 4.52 Å². The third-order valence-electron chi connectivity index (χ3n) is 4.34. The number of benzene rings is 2. The molecule has 0 spiro atoms. The summed E-state index contributed by atoms with van der Waals surface area (Å²) in [6.45, 7) is 4.56. The van der Waals surface area contributed by atoms with E-state index < -0.39 is 4.92 Å². The molecule has 28 heavy (non-hydrogen) atoms. The van der Waals surface area contributed by atoms with E-state index in [1.54, 1.807) is 17.0 Å². The highest BCUT2D eigenvalue weighted by atomic mass is 16.6. The number of aryl methyl sites for hydroxylation is 1. The summed E-state index contributed by atoms with van der Waals surface area (Å²) in [5, 5.41) is 14.7. The van der Waals surface area contributed by atoms with Gasteiger partial charge >= 0.3 is 0 Å². The van der Waals surface area contributed by atoms with E-state index in [2.05, 4.69) is 10.1 Å². The maximum absolute atomic E-state index is 12.6. The fraction of sp³-hybridized carbons (Fsp3) is 0.250. The van der Waals surface area contributed by atoms with Gasteiger partial charge in [0.05, 0.1) is 17.9 Å². The van der Waals surface area contributed by atoms with Crippen LogP contribution in [0, 0.1) is 17.0 Å². The van der Waals surface area contributed by atoms with Gasteiger partial charge in [0.15, 0.2) is 0 Å². The Morgan fingerprint density at radius 1 is 1.14 bits per heavy atom. The van der Waals surface area contributed by atoms with Crippen LogP contribution in [0.4, 0.5) is 5.69 Å². The highest BCUT2D eigenvalue weighted by molar-refractivity contribution is 5.78. The second-order valence-corrected chi connectivity index (χ2v) is 6.39. The number of carbonyl (C=O) groups excluding carboxylic acids is 1. The Balaban J connectivity index is 1.65. The number of nitro benzene ring substituents is 1. The minimum absolute atomic E-state index is 0.00181. The summed E-state index contributed by atoms with van der Waals surface area (Å²) in [5.41, 5.74) is 2.69. The zero-order valence-electron chi connectivity index (χ0n) is 15.7. The van der Waals surface area contributed by atoms with Crippen molar-refractivity contribution in [2.75, 3.05) is 6.54 Å². The molecule has 1 heterocycles. The smallest absolute Gasteiger partial charge is 0.269 e. The number of non-ortho nitro benzene ring substituents is 1. The standard InChI is InChI=1S/C20H20N4O4/c1-3-23(19(25)12-15-6-10-17(11-7-15)24(26)27)13-18-21-20(22-28-18)16-8-4-14(2)5-9-16/h4-11H,3,12-13H2,1-2H3. The van der Waals surface area contributed by atoms with Gasteiger partial charge in [0, 0.05) is 24.2 Å². The van der Waals surface area contributed by atoms with Crippen LogP contribution in [-0.2, 0) is 17.8 Å². The first-order valence-corrected chi connectivity index (χ1v) is 8.87. The molecule has 144 valence electrons. The fourth-order valence-electron chi connectivity index (χ4n) is 2.70.